The first kappa shape index (κ1) is 18.3. The summed E-state index contributed by atoms with van der Waals surface area (Å²) >= 11 is 0. The van der Waals surface area contributed by atoms with Crippen LogP contribution in [0.4, 0.5) is 14.7 Å². The van der Waals surface area contributed by atoms with Gasteiger partial charge in [-0.3, -0.25) is 4.90 Å². The van der Waals surface area contributed by atoms with Crippen LogP contribution in [0, 0.1) is 30.9 Å². The third kappa shape index (κ3) is 3.95. The largest absolute Gasteiger partial charge is 0.340 e. The Morgan fingerprint density at radius 3 is 2.48 bits per heavy atom. The molecule has 1 spiro atoms. The van der Waals surface area contributed by atoms with Gasteiger partial charge >= 0.3 is 0 Å². The molecule has 3 heterocycles. The second-order valence-electron chi connectivity index (χ2n) is 8.18. The van der Waals surface area contributed by atoms with E-state index in [0.717, 1.165) is 61.9 Å². The maximum absolute atomic E-state index is 13.5. The Morgan fingerprint density at radius 2 is 1.74 bits per heavy atom. The maximum atomic E-state index is 13.5. The fourth-order valence-corrected chi connectivity index (χ4v) is 4.63. The second-order valence-corrected chi connectivity index (χ2v) is 8.18. The van der Waals surface area contributed by atoms with Gasteiger partial charge in [0.15, 0.2) is 11.6 Å². The van der Waals surface area contributed by atoms with E-state index in [2.05, 4.69) is 19.8 Å². The fourth-order valence-electron chi connectivity index (χ4n) is 4.63. The molecule has 0 bridgehead atoms. The number of hydrogen-bond donors (Lipinski definition) is 0. The molecule has 2 fully saturated rings. The van der Waals surface area contributed by atoms with E-state index >= 15 is 0 Å². The summed E-state index contributed by atoms with van der Waals surface area (Å²) in [7, 11) is 0. The standard InChI is InChI=1S/C21H26F2N4/c1-15-10-16(2)25-20(24-15)27-9-7-21(14-27)6-3-8-26(13-21)12-17-4-5-18(22)19(23)11-17/h4-5,10-11H,3,6-9,12-14H2,1-2H3/t21-/m0/s1. The van der Waals surface area contributed by atoms with Gasteiger partial charge in [0.1, 0.15) is 0 Å². The van der Waals surface area contributed by atoms with Crippen LogP contribution in [0.3, 0.4) is 0 Å². The number of aromatic nitrogens is 2. The van der Waals surface area contributed by atoms with E-state index in [0.29, 0.717) is 6.54 Å². The number of halogens is 2. The monoisotopic (exact) mass is 372 g/mol. The van der Waals surface area contributed by atoms with Crippen molar-refractivity contribution in [2.45, 2.75) is 39.7 Å². The van der Waals surface area contributed by atoms with Gasteiger partial charge in [-0.25, -0.2) is 18.7 Å². The van der Waals surface area contributed by atoms with Crippen LogP contribution in [0.25, 0.3) is 0 Å². The van der Waals surface area contributed by atoms with Crippen LogP contribution >= 0.6 is 0 Å². The van der Waals surface area contributed by atoms with Crippen LogP contribution in [0.5, 0.6) is 0 Å². The van der Waals surface area contributed by atoms with Crippen molar-refractivity contribution in [3.05, 3.63) is 52.9 Å². The molecule has 1 aromatic carbocycles. The third-order valence-corrected chi connectivity index (χ3v) is 5.82. The van der Waals surface area contributed by atoms with E-state index < -0.39 is 11.6 Å². The summed E-state index contributed by atoms with van der Waals surface area (Å²) in [6, 6.07) is 6.23. The molecule has 1 aromatic heterocycles. The summed E-state index contributed by atoms with van der Waals surface area (Å²) in [6.07, 6.45) is 3.45. The van der Waals surface area contributed by atoms with E-state index in [1.54, 1.807) is 6.07 Å². The topological polar surface area (TPSA) is 32.3 Å². The number of piperidine rings is 1. The molecule has 0 unspecified atom stereocenters. The summed E-state index contributed by atoms with van der Waals surface area (Å²) in [5, 5.41) is 0. The van der Waals surface area contributed by atoms with E-state index in [1.807, 2.05) is 19.9 Å². The SMILES string of the molecule is Cc1cc(C)nc(N2CC[C@]3(CCCN(Cc4ccc(F)c(F)c4)C3)C2)n1. The van der Waals surface area contributed by atoms with Crippen LogP contribution in [-0.4, -0.2) is 41.0 Å². The zero-order valence-corrected chi connectivity index (χ0v) is 16.0. The molecule has 6 heteroatoms. The summed E-state index contributed by atoms with van der Waals surface area (Å²) in [4.78, 5) is 13.9. The van der Waals surface area contributed by atoms with Gasteiger partial charge < -0.3 is 4.90 Å². The van der Waals surface area contributed by atoms with Gasteiger partial charge in [-0.05, 0) is 63.4 Å². The molecule has 4 nitrogen and oxygen atoms in total. The first-order valence-corrected chi connectivity index (χ1v) is 9.66. The predicted octanol–water partition coefficient (Wildman–Crippen LogP) is 3.86. The number of benzene rings is 1. The van der Waals surface area contributed by atoms with Gasteiger partial charge in [0.25, 0.3) is 0 Å². The van der Waals surface area contributed by atoms with E-state index in [4.69, 9.17) is 0 Å². The smallest absolute Gasteiger partial charge is 0.225 e. The van der Waals surface area contributed by atoms with Crippen LogP contribution in [0.2, 0.25) is 0 Å². The van der Waals surface area contributed by atoms with Crippen molar-refractivity contribution in [1.82, 2.24) is 14.9 Å². The van der Waals surface area contributed by atoms with Crippen LogP contribution in [0.15, 0.2) is 24.3 Å². The number of anilines is 1. The highest BCUT2D eigenvalue weighted by Crippen LogP contribution is 2.40. The molecule has 144 valence electrons. The lowest BCUT2D eigenvalue weighted by atomic mass is 9.79. The second kappa shape index (κ2) is 7.15. The first-order chi connectivity index (χ1) is 12.9. The summed E-state index contributed by atoms with van der Waals surface area (Å²) < 4.78 is 26.7. The molecule has 0 N–H and O–H groups in total. The van der Waals surface area contributed by atoms with Crippen molar-refractivity contribution in [2.24, 2.45) is 5.41 Å². The number of likely N-dealkylation sites (tertiary alicyclic amines) is 1. The predicted molar refractivity (Wildman–Crippen MR) is 102 cm³/mol. The summed E-state index contributed by atoms with van der Waals surface area (Å²) in [5.74, 6) is -0.714. The average molecular weight is 372 g/mol. The molecular weight excluding hydrogens is 346 g/mol. The molecule has 2 saturated heterocycles. The lowest BCUT2D eigenvalue weighted by Gasteiger charge is -2.40. The normalized spacial score (nSPS) is 23.3. The van der Waals surface area contributed by atoms with Gasteiger partial charge in [-0.1, -0.05) is 6.07 Å². The Morgan fingerprint density at radius 1 is 0.963 bits per heavy atom. The van der Waals surface area contributed by atoms with Crippen molar-refractivity contribution >= 4 is 5.95 Å². The fraction of sp³-hybridized carbons (Fsp3) is 0.524. The first-order valence-electron chi connectivity index (χ1n) is 9.66. The zero-order valence-electron chi connectivity index (χ0n) is 16.0. The molecule has 2 aromatic rings. The molecule has 0 amide bonds. The lowest BCUT2D eigenvalue weighted by Crippen LogP contribution is -2.44. The van der Waals surface area contributed by atoms with E-state index in [9.17, 15) is 8.78 Å². The molecule has 1 atom stereocenters. The van der Waals surface area contributed by atoms with Gasteiger partial charge in [-0.2, -0.15) is 0 Å². The third-order valence-electron chi connectivity index (χ3n) is 5.82. The highest BCUT2D eigenvalue weighted by molar-refractivity contribution is 5.35. The van der Waals surface area contributed by atoms with Gasteiger partial charge in [-0.15, -0.1) is 0 Å². The van der Waals surface area contributed by atoms with Crippen molar-refractivity contribution in [2.75, 3.05) is 31.1 Å². The van der Waals surface area contributed by atoms with Crippen LogP contribution < -0.4 is 4.90 Å². The van der Waals surface area contributed by atoms with E-state index in [1.165, 1.54) is 18.6 Å². The van der Waals surface area contributed by atoms with Crippen molar-refractivity contribution in [1.29, 1.82) is 0 Å². The maximum Gasteiger partial charge on any atom is 0.225 e. The quantitative estimate of drug-likeness (QED) is 0.819. The molecule has 0 radical (unpaired) electrons. The molecule has 0 aliphatic carbocycles. The van der Waals surface area contributed by atoms with Crippen molar-refractivity contribution in [3.8, 4) is 0 Å². The minimum Gasteiger partial charge on any atom is -0.340 e. The Kier molecular flexibility index (Phi) is 4.84. The molecule has 27 heavy (non-hydrogen) atoms. The summed E-state index contributed by atoms with van der Waals surface area (Å²) in [5.41, 5.74) is 3.07. The molecule has 2 aliphatic rings. The lowest BCUT2D eigenvalue weighted by molar-refractivity contribution is 0.0990. The average Bonchev–Trinajstić information content (AvgIpc) is 3.01. The zero-order chi connectivity index (χ0) is 19.0. The van der Waals surface area contributed by atoms with Crippen LogP contribution in [-0.2, 0) is 6.54 Å². The molecule has 0 saturated carbocycles. The van der Waals surface area contributed by atoms with Gasteiger partial charge in [0.05, 0.1) is 0 Å². The molecule has 4 rings (SSSR count). The highest BCUT2D eigenvalue weighted by atomic mass is 19.2. The highest BCUT2D eigenvalue weighted by Gasteiger charge is 2.42. The van der Waals surface area contributed by atoms with Crippen LogP contribution in [0.1, 0.15) is 36.2 Å². The van der Waals surface area contributed by atoms with Crippen molar-refractivity contribution < 1.29 is 8.78 Å². The Labute approximate surface area is 159 Å². The number of rotatable bonds is 3. The number of hydrogen-bond acceptors (Lipinski definition) is 4. The number of aryl methyl sites for hydroxylation is 2. The van der Waals surface area contributed by atoms with Crippen molar-refractivity contribution in [3.63, 3.8) is 0 Å². The molecular formula is C21H26F2N4. The Bertz CT molecular complexity index is 821. The molecule has 2 aliphatic heterocycles. The Hall–Kier alpha value is -2.08. The van der Waals surface area contributed by atoms with Gasteiger partial charge in [0.2, 0.25) is 5.95 Å². The summed E-state index contributed by atoms with van der Waals surface area (Å²) in [6.45, 7) is 8.60. The van der Waals surface area contributed by atoms with Gasteiger partial charge in [0, 0.05) is 43.0 Å². The minimum atomic E-state index is -0.784. The Balaban J connectivity index is 1.45. The minimum absolute atomic E-state index is 0.234. The number of nitrogens with zero attached hydrogens (tertiary/aromatic N) is 4. The van der Waals surface area contributed by atoms with E-state index in [-0.39, 0.29) is 5.41 Å².